The van der Waals surface area contributed by atoms with Crippen LogP contribution >= 0.6 is 11.3 Å². The number of aromatic nitrogens is 5. The van der Waals surface area contributed by atoms with Crippen molar-refractivity contribution in [2.45, 2.75) is 65.4 Å². The van der Waals surface area contributed by atoms with Gasteiger partial charge >= 0.3 is 6.09 Å². The quantitative estimate of drug-likeness (QED) is 0.237. The third kappa shape index (κ3) is 6.45. The Morgan fingerprint density at radius 3 is 2.36 bits per heavy atom. The van der Waals surface area contributed by atoms with E-state index in [1.807, 2.05) is 67.9 Å². The average molecular weight is 616 g/mol. The van der Waals surface area contributed by atoms with Crippen LogP contribution in [0.4, 0.5) is 10.7 Å². The number of nitrogens with zero attached hydrogens (tertiary/aromatic N) is 7. The molecule has 1 aliphatic rings. The molecule has 12 heteroatoms. The summed E-state index contributed by atoms with van der Waals surface area (Å²) in [5.41, 5.74) is 3.66. The molecular formula is C32H37N7O4S. The number of hydrogen-bond acceptors (Lipinski definition) is 10. The first-order valence-electron chi connectivity index (χ1n) is 14.8. The van der Waals surface area contributed by atoms with E-state index in [4.69, 9.17) is 19.2 Å². The van der Waals surface area contributed by atoms with Gasteiger partial charge in [-0.15, -0.1) is 0 Å². The molecule has 230 valence electrons. The molecule has 0 aliphatic carbocycles. The molecule has 44 heavy (non-hydrogen) atoms. The summed E-state index contributed by atoms with van der Waals surface area (Å²) in [6.07, 6.45) is 4.12. The Kier molecular flexibility index (Phi) is 7.64. The second-order valence-electron chi connectivity index (χ2n) is 13.2. The number of carbonyl (C=O) groups is 2. The van der Waals surface area contributed by atoms with Gasteiger partial charge in [-0.1, -0.05) is 61.5 Å². The van der Waals surface area contributed by atoms with Crippen LogP contribution in [0.5, 0.6) is 0 Å². The molecule has 1 amide bonds. The fourth-order valence-electron chi connectivity index (χ4n) is 5.03. The van der Waals surface area contributed by atoms with Gasteiger partial charge in [-0.2, -0.15) is 0 Å². The largest absolute Gasteiger partial charge is 0.444 e. The first kappa shape index (κ1) is 29.7. The molecule has 4 aromatic heterocycles. The smallest absolute Gasteiger partial charge is 0.410 e. The van der Waals surface area contributed by atoms with E-state index in [1.165, 1.54) is 11.3 Å². The van der Waals surface area contributed by atoms with Gasteiger partial charge in [-0.3, -0.25) is 9.20 Å². The predicted molar refractivity (Wildman–Crippen MR) is 169 cm³/mol. The number of ketones is 1. The van der Waals surface area contributed by atoms with Crippen molar-refractivity contribution < 1.29 is 18.8 Å². The van der Waals surface area contributed by atoms with Gasteiger partial charge in [0.15, 0.2) is 4.96 Å². The molecule has 0 bridgehead atoms. The molecule has 1 saturated heterocycles. The van der Waals surface area contributed by atoms with Crippen LogP contribution in [0.2, 0.25) is 0 Å². The Labute approximate surface area is 259 Å². The molecule has 0 radical (unpaired) electrons. The van der Waals surface area contributed by atoms with Gasteiger partial charge in [0.2, 0.25) is 5.95 Å². The highest BCUT2D eigenvalue weighted by Gasteiger charge is 2.27. The minimum absolute atomic E-state index is 0.0878. The molecule has 0 atom stereocenters. The first-order valence-corrected chi connectivity index (χ1v) is 15.6. The van der Waals surface area contributed by atoms with Gasteiger partial charge < -0.3 is 19.1 Å². The Bertz CT molecular complexity index is 1820. The summed E-state index contributed by atoms with van der Waals surface area (Å²) >= 11 is 1.51. The van der Waals surface area contributed by atoms with E-state index in [0.29, 0.717) is 44.2 Å². The standard InChI is InChI=1S/C32H37N7O4S/c1-31(2,3)26-17-22(36-43-26)16-23(40)15-20-7-9-21(10-8-20)24-19-39-25-18-33-28(35-27(25)44-29(39)34-24)37-11-13-38(14-12-37)30(41)42-32(4,5)6/h7-10,17-19H,11-16H2,1-6H3. The summed E-state index contributed by atoms with van der Waals surface area (Å²) in [4.78, 5) is 44.9. The van der Waals surface area contributed by atoms with Crippen molar-refractivity contribution in [2.75, 3.05) is 31.1 Å². The molecule has 11 nitrogen and oxygen atoms in total. The Hall–Kier alpha value is -4.32. The normalized spacial score (nSPS) is 14.5. The maximum atomic E-state index is 12.7. The molecule has 0 N–H and O–H groups in total. The number of amides is 1. The summed E-state index contributed by atoms with van der Waals surface area (Å²) < 4.78 is 12.9. The van der Waals surface area contributed by atoms with Gasteiger partial charge in [-0.25, -0.2) is 19.7 Å². The van der Waals surface area contributed by atoms with Crippen molar-refractivity contribution >= 4 is 44.5 Å². The predicted octanol–water partition coefficient (Wildman–Crippen LogP) is 5.70. The number of fused-ring (bicyclic) bond motifs is 3. The highest BCUT2D eigenvalue weighted by Crippen LogP contribution is 2.30. The number of carbonyl (C=O) groups excluding carboxylic acids is 2. The average Bonchev–Trinajstić information content (AvgIpc) is 3.67. The summed E-state index contributed by atoms with van der Waals surface area (Å²) in [5.74, 6) is 1.51. The lowest BCUT2D eigenvalue weighted by molar-refractivity contribution is -0.117. The molecule has 1 fully saturated rings. The summed E-state index contributed by atoms with van der Waals surface area (Å²) in [5, 5.41) is 4.07. The van der Waals surface area contributed by atoms with Crippen LogP contribution in [0.3, 0.4) is 0 Å². The fraction of sp³-hybridized carbons (Fsp3) is 0.438. The third-order valence-electron chi connectivity index (χ3n) is 7.39. The maximum Gasteiger partial charge on any atom is 0.410 e. The maximum absolute atomic E-state index is 12.7. The van der Waals surface area contributed by atoms with Gasteiger partial charge in [0.1, 0.15) is 27.5 Å². The molecule has 0 saturated carbocycles. The van der Waals surface area contributed by atoms with Crippen LogP contribution in [0, 0.1) is 0 Å². The van der Waals surface area contributed by atoms with Crippen molar-refractivity contribution in [1.29, 1.82) is 0 Å². The molecule has 0 spiro atoms. The number of hydrogen-bond donors (Lipinski definition) is 0. The Morgan fingerprint density at radius 2 is 1.70 bits per heavy atom. The number of ether oxygens (including phenoxy) is 1. The van der Waals surface area contributed by atoms with Crippen LogP contribution in [-0.2, 0) is 27.8 Å². The van der Waals surface area contributed by atoms with Crippen LogP contribution in [0.25, 0.3) is 26.6 Å². The number of anilines is 1. The van der Waals surface area contributed by atoms with Crippen molar-refractivity contribution in [3.63, 3.8) is 0 Å². The highest BCUT2D eigenvalue weighted by atomic mass is 32.1. The first-order chi connectivity index (χ1) is 20.8. The van der Waals surface area contributed by atoms with Crippen LogP contribution < -0.4 is 4.90 Å². The second-order valence-corrected chi connectivity index (χ2v) is 14.2. The Morgan fingerprint density at radius 1 is 0.977 bits per heavy atom. The topological polar surface area (TPSA) is 119 Å². The van der Waals surface area contributed by atoms with Gasteiger partial charge in [-0.05, 0) is 26.3 Å². The van der Waals surface area contributed by atoms with Crippen molar-refractivity contribution in [1.82, 2.24) is 29.4 Å². The van der Waals surface area contributed by atoms with Crippen LogP contribution in [0.1, 0.15) is 58.6 Å². The number of benzene rings is 1. The van der Waals surface area contributed by atoms with E-state index in [9.17, 15) is 9.59 Å². The van der Waals surface area contributed by atoms with E-state index in [2.05, 4.69) is 35.8 Å². The lowest BCUT2D eigenvalue weighted by atomic mass is 9.93. The van der Waals surface area contributed by atoms with E-state index in [1.54, 1.807) is 4.90 Å². The van der Waals surface area contributed by atoms with Gasteiger partial charge in [0.25, 0.3) is 0 Å². The minimum Gasteiger partial charge on any atom is -0.444 e. The Balaban J connectivity index is 1.09. The molecule has 1 aliphatic heterocycles. The number of imidazole rings is 1. The summed E-state index contributed by atoms with van der Waals surface area (Å²) in [6.45, 7) is 14.2. The van der Waals surface area contributed by atoms with Crippen LogP contribution in [0.15, 0.2) is 47.2 Å². The number of Topliss-reactive ketones (excluding diaryl/α,β-unsaturated/α-hetero) is 1. The molecule has 6 rings (SSSR count). The molecule has 0 unspecified atom stereocenters. The van der Waals surface area contributed by atoms with E-state index in [0.717, 1.165) is 37.9 Å². The third-order valence-corrected chi connectivity index (χ3v) is 8.35. The molecule has 5 heterocycles. The summed E-state index contributed by atoms with van der Waals surface area (Å²) in [6, 6.07) is 9.81. The molecule has 5 aromatic rings. The van der Waals surface area contributed by atoms with Crippen molar-refractivity contribution in [3.8, 4) is 11.3 Å². The highest BCUT2D eigenvalue weighted by molar-refractivity contribution is 7.23. The second kappa shape index (κ2) is 11.3. The summed E-state index contributed by atoms with van der Waals surface area (Å²) in [7, 11) is 0. The zero-order valence-corrected chi connectivity index (χ0v) is 26.8. The lowest BCUT2D eigenvalue weighted by Gasteiger charge is -2.35. The SMILES string of the molecule is CC(C)(C)OC(=O)N1CCN(c2ncc3c(n2)sc2nc(-c4ccc(CC(=O)Cc5cc(C(C)(C)C)on5)cc4)cn23)CC1. The minimum atomic E-state index is -0.514. The van der Waals surface area contributed by atoms with E-state index in [-0.39, 0.29) is 23.7 Å². The number of thiazole rings is 1. The monoisotopic (exact) mass is 615 g/mol. The zero-order valence-electron chi connectivity index (χ0n) is 26.0. The number of rotatable bonds is 6. The zero-order chi connectivity index (χ0) is 31.2. The van der Waals surface area contributed by atoms with Crippen molar-refractivity contribution in [2.24, 2.45) is 0 Å². The van der Waals surface area contributed by atoms with Crippen molar-refractivity contribution in [3.05, 3.63) is 59.7 Å². The van der Waals surface area contributed by atoms with E-state index >= 15 is 0 Å². The van der Waals surface area contributed by atoms with E-state index < -0.39 is 5.60 Å². The fourth-order valence-corrected chi connectivity index (χ4v) is 5.98. The molecule has 1 aromatic carbocycles. The number of piperazine rings is 1. The van der Waals surface area contributed by atoms with Gasteiger partial charge in [0, 0.05) is 55.8 Å². The molecular weight excluding hydrogens is 578 g/mol. The van der Waals surface area contributed by atoms with Crippen LogP contribution in [-0.4, -0.2) is 73.1 Å². The lowest BCUT2D eigenvalue weighted by Crippen LogP contribution is -2.50. The van der Waals surface area contributed by atoms with Gasteiger partial charge in [0.05, 0.1) is 24.0 Å².